The van der Waals surface area contributed by atoms with Gasteiger partial charge in [-0.1, -0.05) is 48.5 Å². The number of benzene rings is 6. The number of hydrogen-bond acceptors (Lipinski definition) is 5. The lowest BCUT2D eigenvalue weighted by Crippen LogP contribution is -1.72. The first-order valence-corrected chi connectivity index (χ1v) is 17.3. The van der Waals surface area contributed by atoms with Gasteiger partial charge in [-0.2, -0.15) is 0 Å². The van der Waals surface area contributed by atoms with Gasteiger partial charge in [-0.3, -0.25) is 0 Å². The molecule has 0 fully saturated rings. The highest BCUT2D eigenvalue weighted by Crippen LogP contribution is 2.45. The van der Waals surface area contributed by atoms with Crippen molar-refractivity contribution in [1.29, 1.82) is 0 Å². The molecule has 0 unspecified atom stereocenters. The monoisotopic (exact) mass is 628 g/mol. The van der Waals surface area contributed by atoms with Gasteiger partial charge in [0, 0.05) is 60.9 Å². The number of fused-ring (bicyclic) bond motifs is 11. The molecule has 5 heteroatoms. The van der Waals surface area contributed by atoms with Gasteiger partial charge in [0.15, 0.2) is 0 Å². The van der Waals surface area contributed by atoms with E-state index in [2.05, 4.69) is 97.1 Å². The molecule has 11 aromatic rings. The molecule has 0 saturated carbocycles. The van der Waals surface area contributed by atoms with Crippen LogP contribution in [0.3, 0.4) is 0 Å². The van der Waals surface area contributed by atoms with E-state index in [1.54, 1.807) is 0 Å². The summed E-state index contributed by atoms with van der Waals surface area (Å²) >= 11 is 5.61. The molecule has 45 heavy (non-hydrogen) atoms. The summed E-state index contributed by atoms with van der Waals surface area (Å²) in [6, 6.07) is 43.9. The van der Waals surface area contributed by atoms with E-state index in [9.17, 15) is 0 Å². The van der Waals surface area contributed by atoms with Crippen molar-refractivity contribution in [3.8, 4) is 20.9 Å². The van der Waals surface area contributed by atoms with Crippen molar-refractivity contribution >= 4 is 118 Å². The molecule has 0 amide bonds. The third-order valence-corrected chi connectivity index (χ3v) is 12.5. The average molecular weight is 629 g/mol. The molecule has 0 bridgehead atoms. The number of para-hydroxylation sites is 2. The molecule has 0 aliphatic carbocycles. The van der Waals surface area contributed by atoms with Crippen molar-refractivity contribution < 1.29 is 8.83 Å². The summed E-state index contributed by atoms with van der Waals surface area (Å²) in [6.07, 6.45) is 0. The van der Waals surface area contributed by atoms with Gasteiger partial charge in [-0.25, -0.2) is 0 Å². The molecule has 0 spiro atoms. The molecule has 0 aliphatic rings. The summed E-state index contributed by atoms with van der Waals surface area (Å²) in [6.45, 7) is 0. The highest BCUT2D eigenvalue weighted by molar-refractivity contribution is 7.27. The third kappa shape index (κ3) is 3.54. The Morgan fingerprint density at radius 3 is 1.31 bits per heavy atom. The Kier molecular flexibility index (Phi) is 4.78. The van der Waals surface area contributed by atoms with Crippen molar-refractivity contribution in [1.82, 2.24) is 0 Å². The van der Waals surface area contributed by atoms with Crippen LogP contribution in [0, 0.1) is 0 Å². The fraction of sp³-hybridized carbons (Fsp3) is 0. The Labute approximate surface area is 268 Å². The van der Waals surface area contributed by atoms with Crippen LogP contribution in [-0.4, -0.2) is 0 Å². The normalized spacial score (nSPS) is 12.4. The fourth-order valence-corrected chi connectivity index (χ4v) is 10.3. The van der Waals surface area contributed by atoms with E-state index < -0.39 is 0 Å². The topological polar surface area (TPSA) is 26.3 Å². The Morgan fingerprint density at radius 2 is 0.800 bits per heavy atom. The van der Waals surface area contributed by atoms with Crippen molar-refractivity contribution in [2.75, 3.05) is 0 Å². The van der Waals surface area contributed by atoms with Crippen LogP contribution in [-0.2, 0) is 0 Å². The second-order valence-electron chi connectivity index (χ2n) is 11.7. The van der Waals surface area contributed by atoms with Gasteiger partial charge < -0.3 is 8.83 Å². The molecular formula is C40H20O2S3. The maximum Gasteiger partial charge on any atom is 0.136 e. The van der Waals surface area contributed by atoms with Crippen LogP contribution in [0.4, 0.5) is 0 Å². The number of hydrogen-bond donors (Lipinski definition) is 0. The van der Waals surface area contributed by atoms with Gasteiger partial charge in [-0.05, 0) is 94.7 Å². The Hall–Kier alpha value is -4.94. The van der Waals surface area contributed by atoms with Crippen molar-refractivity contribution in [3.63, 3.8) is 0 Å². The van der Waals surface area contributed by atoms with Crippen molar-refractivity contribution in [3.05, 3.63) is 121 Å². The lowest BCUT2D eigenvalue weighted by atomic mass is 10.1. The lowest BCUT2D eigenvalue weighted by molar-refractivity contribution is 0.668. The quantitative estimate of drug-likeness (QED) is 0.190. The summed E-state index contributed by atoms with van der Waals surface area (Å²) in [5.74, 6) is 0. The molecule has 0 radical (unpaired) electrons. The Morgan fingerprint density at radius 1 is 0.333 bits per heavy atom. The van der Waals surface area contributed by atoms with Gasteiger partial charge in [0.2, 0.25) is 0 Å². The molecule has 11 rings (SSSR count). The first-order chi connectivity index (χ1) is 22.2. The first-order valence-electron chi connectivity index (χ1n) is 14.9. The zero-order chi connectivity index (χ0) is 29.2. The lowest BCUT2D eigenvalue weighted by Gasteiger charge is -1.96. The molecule has 210 valence electrons. The predicted octanol–water partition coefficient (Wildman–Crippen LogP) is 13.6. The van der Waals surface area contributed by atoms with E-state index in [1.165, 1.54) is 82.8 Å². The van der Waals surface area contributed by atoms with Gasteiger partial charge in [-0.15, -0.1) is 34.0 Å². The first kappa shape index (κ1) is 24.4. The number of furan rings is 2. The summed E-state index contributed by atoms with van der Waals surface area (Å²) in [4.78, 5) is 2.53. The van der Waals surface area contributed by atoms with Crippen LogP contribution in [0.25, 0.3) is 105 Å². The zero-order valence-corrected chi connectivity index (χ0v) is 26.0. The van der Waals surface area contributed by atoms with Crippen LogP contribution in [0.2, 0.25) is 0 Å². The summed E-state index contributed by atoms with van der Waals surface area (Å²) < 4.78 is 17.7. The molecular weight excluding hydrogens is 609 g/mol. The highest BCUT2D eigenvalue weighted by atomic mass is 32.1. The molecule has 0 atom stereocenters. The minimum Gasteiger partial charge on any atom is -0.456 e. The minimum atomic E-state index is 0.937. The predicted molar refractivity (Wildman–Crippen MR) is 196 cm³/mol. The van der Waals surface area contributed by atoms with E-state index >= 15 is 0 Å². The molecule has 5 heterocycles. The number of rotatable bonds is 2. The molecule has 2 nitrogen and oxygen atoms in total. The van der Waals surface area contributed by atoms with E-state index in [0.29, 0.717) is 0 Å². The maximum absolute atomic E-state index is 6.19. The Balaban J connectivity index is 1.01. The second kappa shape index (κ2) is 8.83. The van der Waals surface area contributed by atoms with E-state index in [-0.39, 0.29) is 0 Å². The zero-order valence-electron chi connectivity index (χ0n) is 23.6. The molecule has 0 aliphatic heterocycles. The molecule has 0 saturated heterocycles. The van der Waals surface area contributed by atoms with Crippen LogP contribution in [0.1, 0.15) is 0 Å². The van der Waals surface area contributed by atoms with Crippen LogP contribution in [0.15, 0.2) is 130 Å². The van der Waals surface area contributed by atoms with E-state index in [1.807, 2.05) is 58.3 Å². The SMILES string of the molecule is c1ccc2c(c1)oc1cc(-c3cc4cc5c(cc4s3)sc3cc4sc(-c6ccc7c(c6)oc6ccccc67)cc4cc35)ccc12. The second-order valence-corrected chi connectivity index (χ2v) is 15.0. The van der Waals surface area contributed by atoms with E-state index in [0.717, 1.165) is 22.3 Å². The summed E-state index contributed by atoms with van der Waals surface area (Å²) in [5.41, 5.74) is 6.15. The van der Waals surface area contributed by atoms with Gasteiger partial charge in [0.1, 0.15) is 22.3 Å². The Bertz CT molecular complexity index is 2790. The summed E-state index contributed by atoms with van der Waals surface area (Å²) in [7, 11) is 0. The van der Waals surface area contributed by atoms with Crippen LogP contribution in [0.5, 0.6) is 0 Å². The molecule has 6 aromatic carbocycles. The fourth-order valence-electron chi connectivity index (χ4n) is 6.89. The largest absolute Gasteiger partial charge is 0.456 e. The van der Waals surface area contributed by atoms with Crippen molar-refractivity contribution in [2.45, 2.75) is 0 Å². The van der Waals surface area contributed by atoms with Crippen molar-refractivity contribution in [2.24, 2.45) is 0 Å². The smallest absolute Gasteiger partial charge is 0.136 e. The molecule has 0 N–H and O–H groups in total. The van der Waals surface area contributed by atoms with Crippen LogP contribution < -0.4 is 0 Å². The standard InChI is InChI=1S/C40H20O2S3/c1-3-7-31-25(5-1)27-11-9-21(15-33(27)41-31)35-17-23-13-29-30-14-24-18-36(44-38(24)20-40(30)45-39(29)19-37(23)43-35)22-10-12-28-26-6-2-4-8-32(26)42-34(28)16-22/h1-20H. The average Bonchev–Trinajstić information content (AvgIpc) is 3.88. The van der Waals surface area contributed by atoms with Gasteiger partial charge in [0.05, 0.1) is 0 Å². The minimum absolute atomic E-state index is 0.937. The van der Waals surface area contributed by atoms with E-state index in [4.69, 9.17) is 8.83 Å². The molecule has 5 aromatic heterocycles. The number of thiophene rings is 3. The highest BCUT2D eigenvalue weighted by Gasteiger charge is 2.15. The van der Waals surface area contributed by atoms with Gasteiger partial charge >= 0.3 is 0 Å². The van der Waals surface area contributed by atoms with Crippen LogP contribution >= 0.6 is 34.0 Å². The maximum atomic E-state index is 6.19. The van der Waals surface area contributed by atoms with Gasteiger partial charge in [0.25, 0.3) is 0 Å². The summed E-state index contributed by atoms with van der Waals surface area (Å²) in [5, 5.41) is 9.91. The third-order valence-electron chi connectivity index (χ3n) is 9.07.